The van der Waals surface area contributed by atoms with Gasteiger partial charge in [-0.15, -0.1) is 10.2 Å². The molecule has 0 bridgehead atoms. The number of nitrogens with zero attached hydrogens (tertiary/aromatic N) is 5. The molecule has 0 aliphatic carbocycles. The number of nitro benzene ring substituents is 1. The Balaban J connectivity index is 2.10. The van der Waals surface area contributed by atoms with Crippen molar-refractivity contribution in [2.45, 2.75) is 0 Å². The molecular formula is C17H14N6O4S. The van der Waals surface area contributed by atoms with Crippen molar-refractivity contribution in [3.63, 3.8) is 0 Å². The van der Waals surface area contributed by atoms with Gasteiger partial charge in [-0.3, -0.25) is 10.1 Å². The minimum atomic E-state index is -0.517. The molecule has 10 nitrogen and oxygen atoms in total. The molecule has 1 heterocycles. The maximum absolute atomic E-state index is 10.8. The highest BCUT2D eigenvalue weighted by Crippen LogP contribution is 2.39. The Hall–Kier alpha value is -3.86. The lowest BCUT2D eigenvalue weighted by Crippen LogP contribution is -2.19. The summed E-state index contributed by atoms with van der Waals surface area (Å²) in [4.78, 5) is 10.3. The molecule has 0 saturated carbocycles. The molecule has 3 rings (SSSR count). The van der Waals surface area contributed by atoms with E-state index >= 15 is 0 Å². The molecule has 0 aliphatic rings. The second-order valence-corrected chi connectivity index (χ2v) is 5.86. The summed E-state index contributed by atoms with van der Waals surface area (Å²) in [6.07, 6.45) is 0. The van der Waals surface area contributed by atoms with Crippen molar-refractivity contribution >= 4 is 34.4 Å². The van der Waals surface area contributed by atoms with Crippen LogP contribution in [0.15, 0.2) is 58.8 Å². The number of ether oxygens (including phenoxy) is 1. The summed E-state index contributed by atoms with van der Waals surface area (Å²) in [5.74, 6) is 0.0869. The molecule has 3 aromatic rings. The number of methoxy groups -OCH3 is 1. The Bertz CT molecular complexity index is 1080. The van der Waals surface area contributed by atoms with E-state index in [4.69, 9.17) is 22.7 Å². The summed E-state index contributed by atoms with van der Waals surface area (Å²) in [6, 6.07) is 12.5. The Morgan fingerprint density at radius 2 is 1.93 bits per heavy atom. The predicted molar refractivity (Wildman–Crippen MR) is 105 cm³/mol. The molecule has 0 fully saturated rings. The monoisotopic (exact) mass is 398 g/mol. The van der Waals surface area contributed by atoms with Crippen LogP contribution in [-0.2, 0) is 0 Å². The van der Waals surface area contributed by atoms with Gasteiger partial charge in [0.25, 0.3) is 5.69 Å². The topological polar surface area (TPSA) is 141 Å². The molecule has 0 radical (unpaired) electrons. The van der Waals surface area contributed by atoms with Gasteiger partial charge in [-0.1, -0.05) is 12.1 Å². The number of aromatic nitrogens is 2. The smallest absolute Gasteiger partial charge is 0.269 e. The Labute approximate surface area is 164 Å². The number of azo groups is 1. The summed E-state index contributed by atoms with van der Waals surface area (Å²) in [5, 5.41) is 33.4. The zero-order valence-corrected chi connectivity index (χ0v) is 15.3. The Morgan fingerprint density at radius 3 is 2.54 bits per heavy atom. The third-order valence-electron chi connectivity index (χ3n) is 3.74. The number of nitro groups is 1. The van der Waals surface area contributed by atoms with Gasteiger partial charge in [0.05, 0.1) is 12.0 Å². The van der Waals surface area contributed by atoms with Crippen molar-refractivity contribution in [1.82, 2.24) is 9.78 Å². The highest BCUT2D eigenvalue weighted by Gasteiger charge is 2.21. The van der Waals surface area contributed by atoms with Crippen molar-refractivity contribution in [3.05, 3.63) is 58.6 Å². The Morgan fingerprint density at radius 1 is 1.25 bits per heavy atom. The maximum atomic E-state index is 10.8. The first-order valence-electron chi connectivity index (χ1n) is 7.83. The zero-order chi connectivity index (χ0) is 20.3. The van der Waals surface area contributed by atoms with Gasteiger partial charge in [-0.2, -0.15) is 9.78 Å². The molecule has 0 amide bonds. The van der Waals surface area contributed by atoms with E-state index in [0.29, 0.717) is 17.0 Å². The van der Waals surface area contributed by atoms with Gasteiger partial charge >= 0.3 is 0 Å². The van der Waals surface area contributed by atoms with Gasteiger partial charge in [0.15, 0.2) is 10.8 Å². The Kier molecular flexibility index (Phi) is 5.27. The molecule has 28 heavy (non-hydrogen) atoms. The maximum Gasteiger partial charge on any atom is 0.269 e. The van der Waals surface area contributed by atoms with Crippen molar-refractivity contribution in [1.29, 1.82) is 0 Å². The summed E-state index contributed by atoms with van der Waals surface area (Å²) in [6.45, 7) is 0. The second kappa shape index (κ2) is 7.80. The molecule has 11 heteroatoms. The summed E-state index contributed by atoms with van der Waals surface area (Å²) >= 11 is 4.88. The van der Waals surface area contributed by atoms with Crippen LogP contribution in [0.25, 0.3) is 11.3 Å². The molecule has 1 aromatic heterocycles. The van der Waals surface area contributed by atoms with Crippen LogP contribution in [0.1, 0.15) is 0 Å². The fourth-order valence-corrected chi connectivity index (χ4v) is 2.53. The van der Waals surface area contributed by atoms with Crippen molar-refractivity contribution in [2.24, 2.45) is 16.0 Å². The average Bonchev–Trinajstić information content (AvgIpc) is 3.03. The van der Waals surface area contributed by atoms with Crippen LogP contribution in [0.5, 0.6) is 11.6 Å². The third kappa shape index (κ3) is 3.64. The fraction of sp³-hybridized carbons (Fsp3) is 0.0588. The van der Waals surface area contributed by atoms with Crippen molar-refractivity contribution in [3.8, 4) is 22.9 Å². The van der Waals surface area contributed by atoms with E-state index in [1.165, 1.54) is 31.4 Å². The summed E-state index contributed by atoms with van der Waals surface area (Å²) in [5.41, 5.74) is 6.61. The van der Waals surface area contributed by atoms with E-state index in [0.717, 1.165) is 4.68 Å². The van der Waals surface area contributed by atoms with Gasteiger partial charge in [0.2, 0.25) is 5.88 Å². The van der Waals surface area contributed by atoms with Crippen LogP contribution < -0.4 is 10.5 Å². The van der Waals surface area contributed by atoms with Crippen molar-refractivity contribution < 1.29 is 14.8 Å². The number of thiocarbonyl (C=S) groups is 1. The van der Waals surface area contributed by atoms with E-state index in [1.807, 2.05) is 0 Å². The number of rotatable bonds is 5. The molecule has 2 aromatic carbocycles. The first kappa shape index (κ1) is 18.9. The van der Waals surface area contributed by atoms with Gasteiger partial charge in [0.1, 0.15) is 17.1 Å². The van der Waals surface area contributed by atoms with Gasteiger partial charge in [-0.25, -0.2) is 0 Å². The van der Waals surface area contributed by atoms with Crippen LogP contribution in [0.3, 0.4) is 0 Å². The lowest BCUT2D eigenvalue weighted by Gasteiger charge is -2.02. The van der Waals surface area contributed by atoms with E-state index < -0.39 is 10.8 Å². The summed E-state index contributed by atoms with van der Waals surface area (Å²) < 4.78 is 6.15. The first-order valence-corrected chi connectivity index (χ1v) is 8.24. The van der Waals surface area contributed by atoms with Crippen LogP contribution in [0.2, 0.25) is 0 Å². The van der Waals surface area contributed by atoms with Crippen LogP contribution in [0, 0.1) is 10.1 Å². The molecule has 3 N–H and O–H groups in total. The minimum absolute atomic E-state index is 0.00700. The number of hydrogen-bond donors (Lipinski definition) is 2. The predicted octanol–water partition coefficient (Wildman–Crippen LogP) is 3.68. The number of benzene rings is 2. The van der Waals surface area contributed by atoms with Crippen LogP contribution >= 0.6 is 12.2 Å². The molecular weight excluding hydrogens is 384 g/mol. The zero-order valence-electron chi connectivity index (χ0n) is 14.5. The number of hydrogen-bond acceptors (Lipinski definition) is 8. The number of aromatic hydroxyl groups is 1. The fourth-order valence-electron chi connectivity index (χ4n) is 2.40. The molecule has 0 atom stereocenters. The van der Waals surface area contributed by atoms with Crippen molar-refractivity contribution in [2.75, 3.05) is 7.11 Å². The number of nitrogens with two attached hydrogens (primary N) is 1. The van der Waals surface area contributed by atoms with E-state index in [2.05, 4.69) is 15.3 Å². The molecule has 0 spiro atoms. The minimum Gasteiger partial charge on any atom is -0.494 e. The largest absolute Gasteiger partial charge is 0.494 e. The third-order valence-corrected chi connectivity index (χ3v) is 3.91. The first-order chi connectivity index (χ1) is 13.4. The van der Waals surface area contributed by atoms with Gasteiger partial charge in [0, 0.05) is 17.7 Å². The number of para-hydroxylation sites is 1. The van der Waals surface area contributed by atoms with Gasteiger partial charge < -0.3 is 15.6 Å². The second-order valence-electron chi connectivity index (χ2n) is 5.45. The quantitative estimate of drug-likeness (QED) is 0.289. The normalized spacial score (nSPS) is 10.9. The molecule has 0 unspecified atom stereocenters. The van der Waals surface area contributed by atoms with Crippen LogP contribution in [0.4, 0.5) is 17.1 Å². The molecule has 0 aliphatic heterocycles. The highest BCUT2D eigenvalue weighted by molar-refractivity contribution is 7.80. The van der Waals surface area contributed by atoms with E-state index in [9.17, 15) is 15.2 Å². The summed E-state index contributed by atoms with van der Waals surface area (Å²) in [7, 11) is 1.50. The van der Waals surface area contributed by atoms with E-state index in [-0.39, 0.29) is 22.2 Å². The number of non-ortho nitro benzene ring substituents is 1. The van der Waals surface area contributed by atoms with E-state index in [1.54, 1.807) is 24.3 Å². The van der Waals surface area contributed by atoms with Crippen LogP contribution in [-0.4, -0.2) is 32.0 Å². The SMILES string of the molecule is COc1ccccc1/N=N/c1c(-c2ccc([N+](=O)[O-])cc2)nn(C(N)=S)c1O. The standard InChI is InChI=1S/C17H14N6O4S/c1-27-13-5-3-2-4-12(13)19-20-15-14(21-22(16(15)24)17(18)28)10-6-8-11(9-7-10)23(25)26/h2-9,24H,1H3,(H2,18,28)/b20-19+. The van der Waals surface area contributed by atoms with Gasteiger partial charge in [-0.05, 0) is 36.5 Å². The average molecular weight is 398 g/mol. The highest BCUT2D eigenvalue weighted by atomic mass is 32.1. The lowest BCUT2D eigenvalue weighted by molar-refractivity contribution is -0.384. The molecule has 142 valence electrons. The molecule has 0 saturated heterocycles. The lowest BCUT2D eigenvalue weighted by atomic mass is 10.1.